The Balaban J connectivity index is 1.78. The maximum absolute atomic E-state index is 14.3. The number of benzene rings is 3. The largest absolute Gasteiger partial charge is 0.453 e. The Kier molecular flexibility index (Phi) is 13.5. The van der Waals surface area contributed by atoms with Gasteiger partial charge >= 0.3 is 6.09 Å². The molecule has 0 spiro atoms. The van der Waals surface area contributed by atoms with E-state index >= 15 is 0 Å². The second-order valence-corrected chi connectivity index (χ2v) is 13.0. The van der Waals surface area contributed by atoms with Gasteiger partial charge < -0.3 is 26.2 Å². The highest BCUT2D eigenvalue weighted by Crippen LogP contribution is 2.30. The van der Waals surface area contributed by atoms with Crippen LogP contribution in [0.5, 0.6) is 0 Å². The minimum atomic E-state index is -3.91. The molecule has 3 atom stereocenters. The van der Waals surface area contributed by atoms with Crippen LogP contribution in [-0.4, -0.2) is 68.2 Å². The van der Waals surface area contributed by atoms with Gasteiger partial charge in [0.05, 0.1) is 18.6 Å². The molecule has 0 aromatic heterocycles. The van der Waals surface area contributed by atoms with E-state index in [9.17, 15) is 31.9 Å². The number of alkyl carbamates (subject to hydrolysis) is 1. The molecule has 0 radical (unpaired) electrons. The summed E-state index contributed by atoms with van der Waals surface area (Å²) in [6.07, 6.45) is 0.776. The molecular formula is C33H42F2N4O6S. The van der Waals surface area contributed by atoms with Crippen molar-refractivity contribution in [3.05, 3.63) is 95.6 Å². The lowest BCUT2D eigenvalue weighted by atomic mass is 9.84. The van der Waals surface area contributed by atoms with E-state index < -0.39 is 64.3 Å². The van der Waals surface area contributed by atoms with Crippen molar-refractivity contribution < 1.29 is 36.6 Å². The summed E-state index contributed by atoms with van der Waals surface area (Å²) in [7, 11) is -2.77. The normalized spacial score (nSPS) is 13.7. The summed E-state index contributed by atoms with van der Waals surface area (Å²) in [6, 6.07) is 14.4. The van der Waals surface area contributed by atoms with Crippen molar-refractivity contribution in [3.63, 3.8) is 0 Å². The number of nitrogens with zero attached hydrogens (tertiary/aromatic N) is 1. The molecule has 250 valence electrons. The van der Waals surface area contributed by atoms with Crippen LogP contribution in [0.2, 0.25) is 0 Å². The fourth-order valence-electron chi connectivity index (χ4n) is 5.35. The summed E-state index contributed by atoms with van der Waals surface area (Å²) in [6.45, 7) is 3.39. The molecule has 0 bridgehead atoms. The summed E-state index contributed by atoms with van der Waals surface area (Å²) >= 11 is 0. The number of ether oxygens (including phenoxy) is 1. The Hall–Kier alpha value is -4.07. The molecule has 5 N–H and O–H groups in total. The van der Waals surface area contributed by atoms with E-state index in [1.165, 1.54) is 65.0 Å². The Morgan fingerprint density at radius 3 is 2.04 bits per heavy atom. The molecule has 0 aliphatic carbocycles. The molecule has 0 saturated carbocycles. The number of sulfonamides is 1. The number of halogens is 2. The quantitative estimate of drug-likeness (QED) is 0.165. The summed E-state index contributed by atoms with van der Waals surface area (Å²) < 4.78 is 61.5. The van der Waals surface area contributed by atoms with Crippen LogP contribution in [0.4, 0.5) is 19.3 Å². The first kappa shape index (κ1) is 36.4. The first-order valence-corrected chi connectivity index (χ1v) is 16.5. The van der Waals surface area contributed by atoms with Crippen LogP contribution in [0.1, 0.15) is 56.6 Å². The molecule has 3 unspecified atom stereocenters. The summed E-state index contributed by atoms with van der Waals surface area (Å²) in [5, 5.41) is 15.6. The number of anilines is 1. The summed E-state index contributed by atoms with van der Waals surface area (Å²) in [5.41, 5.74) is 6.81. The van der Waals surface area contributed by atoms with E-state index in [0.29, 0.717) is 42.5 Å². The van der Waals surface area contributed by atoms with Gasteiger partial charge in [0.1, 0.15) is 17.7 Å². The van der Waals surface area contributed by atoms with Crippen LogP contribution < -0.4 is 16.4 Å². The maximum atomic E-state index is 14.3. The highest BCUT2D eigenvalue weighted by atomic mass is 32.2. The zero-order chi connectivity index (χ0) is 33.9. The van der Waals surface area contributed by atoms with Crippen molar-refractivity contribution in [2.45, 2.75) is 68.5 Å². The van der Waals surface area contributed by atoms with E-state index in [1.807, 2.05) is 6.92 Å². The highest BCUT2D eigenvalue weighted by molar-refractivity contribution is 7.89. The van der Waals surface area contributed by atoms with Gasteiger partial charge in [0, 0.05) is 30.2 Å². The van der Waals surface area contributed by atoms with Crippen molar-refractivity contribution in [2.75, 3.05) is 26.0 Å². The molecule has 0 aliphatic heterocycles. The molecule has 2 amide bonds. The zero-order valence-corrected chi connectivity index (χ0v) is 27.0. The van der Waals surface area contributed by atoms with Gasteiger partial charge in [0.15, 0.2) is 0 Å². The second kappa shape index (κ2) is 17.0. The lowest BCUT2D eigenvalue weighted by Gasteiger charge is -2.30. The third kappa shape index (κ3) is 9.71. The molecule has 10 nitrogen and oxygen atoms in total. The summed E-state index contributed by atoms with van der Waals surface area (Å²) in [4.78, 5) is 26.2. The van der Waals surface area contributed by atoms with Crippen LogP contribution in [0.25, 0.3) is 0 Å². The molecule has 0 fully saturated rings. The van der Waals surface area contributed by atoms with E-state index in [-0.39, 0.29) is 11.4 Å². The Morgan fingerprint density at radius 1 is 0.957 bits per heavy atom. The van der Waals surface area contributed by atoms with Gasteiger partial charge in [0.25, 0.3) is 0 Å². The number of nitrogens with one attached hydrogen (secondary N) is 2. The van der Waals surface area contributed by atoms with Crippen molar-refractivity contribution >= 4 is 27.7 Å². The number of rotatable bonds is 16. The van der Waals surface area contributed by atoms with Crippen LogP contribution in [0, 0.1) is 11.6 Å². The van der Waals surface area contributed by atoms with E-state index in [2.05, 4.69) is 10.6 Å². The monoisotopic (exact) mass is 660 g/mol. The molecule has 46 heavy (non-hydrogen) atoms. The molecule has 3 aromatic carbocycles. The molecule has 3 rings (SSSR count). The van der Waals surface area contributed by atoms with Crippen molar-refractivity contribution in [1.82, 2.24) is 14.9 Å². The van der Waals surface area contributed by atoms with E-state index in [4.69, 9.17) is 10.5 Å². The number of hydrogen-bond acceptors (Lipinski definition) is 7. The minimum Gasteiger partial charge on any atom is -0.453 e. The predicted octanol–water partition coefficient (Wildman–Crippen LogP) is 4.54. The Bertz CT molecular complexity index is 1510. The zero-order valence-electron chi connectivity index (χ0n) is 26.2. The van der Waals surface area contributed by atoms with Gasteiger partial charge in [-0.25, -0.2) is 22.0 Å². The SMILES string of the molecule is CCCN(C(CO)CCCC(C)NC(=O)C(NC(=O)OC)C(c1cccc(F)c1)c1cccc(F)c1)S(=O)(=O)c1ccc(N)cc1. The van der Waals surface area contributed by atoms with Gasteiger partial charge in [-0.1, -0.05) is 31.2 Å². The molecule has 0 aliphatic rings. The van der Waals surface area contributed by atoms with Crippen LogP contribution >= 0.6 is 0 Å². The van der Waals surface area contributed by atoms with E-state index in [1.54, 1.807) is 19.1 Å². The number of amides is 2. The molecule has 3 aromatic rings. The first-order chi connectivity index (χ1) is 21.9. The average Bonchev–Trinajstić information content (AvgIpc) is 3.02. The average molecular weight is 661 g/mol. The van der Waals surface area contributed by atoms with Crippen molar-refractivity contribution in [2.24, 2.45) is 0 Å². The Morgan fingerprint density at radius 2 is 1.54 bits per heavy atom. The number of nitrogens with two attached hydrogens (primary N) is 1. The fourth-order valence-corrected chi connectivity index (χ4v) is 7.09. The van der Waals surface area contributed by atoms with E-state index in [0.717, 1.165) is 7.11 Å². The standard InChI is InChI=1S/C33H42F2N4O6S/c1-4-18-39(46(43,44)29-16-14-27(36)15-17-29)28(21-40)13-5-8-22(2)37-32(41)31(38-33(42)45-3)30(23-9-6-11-25(34)19-23)24-10-7-12-26(35)20-24/h6-7,9-12,14-17,19-20,22,28,30-31,40H,4-5,8,13,18,21,36H2,1-3H3,(H,37,41)(H,38,42). The van der Waals surface area contributed by atoms with Gasteiger partial charge in [-0.05, 0) is 92.3 Å². The number of carbonyl (C=O) groups excluding carboxylic acids is 2. The summed E-state index contributed by atoms with van der Waals surface area (Å²) in [5.74, 6) is -2.73. The van der Waals surface area contributed by atoms with Crippen LogP contribution in [0.15, 0.2) is 77.7 Å². The van der Waals surface area contributed by atoms with Crippen LogP contribution in [-0.2, 0) is 19.6 Å². The number of aliphatic hydroxyl groups excluding tert-OH is 1. The number of aliphatic hydroxyl groups is 1. The molecule has 0 heterocycles. The van der Waals surface area contributed by atoms with Gasteiger partial charge in [-0.2, -0.15) is 4.31 Å². The first-order valence-electron chi connectivity index (χ1n) is 15.0. The maximum Gasteiger partial charge on any atom is 0.407 e. The van der Waals surface area contributed by atoms with Gasteiger partial charge in [-0.3, -0.25) is 4.79 Å². The second-order valence-electron chi connectivity index (χ2n) is 11.1. The van der Waals surface area contributed by atoms with Gasteiger partial charge in [0.2, 0.25) is 15.9 Å². The van der Waals surface area contributed by atoms with Gasteiger partial charge in [-0.15, -0.1) is 0 Å². The minimum absolute atomic E-state index is 0.0736. The molecular weight excluding hydrogens is 618 g/mol. The number of carbonyl (C=O) groups is 2. The lowest BCUT2D eigenvalue weighted by molar-refractivity contribution is -0.124. The molecule has 13 heteroatoms. The fraction of sp³-hybridized carbons (Fsp3) is 0.394. The smallest absolute Gasteiger partial charge is 0.407 e. The highest BCUT2D eigenvalue weighted by Gasteiger charge is 2.34. The van der Waals surface area contributed by atoms with Crippen LogP contribution in [0.3, 0.4) is 0 Å². The number of nitrogen functional groups attached to an aromatic ring is 1. The third-order valence-corrected chi connectivity index (χ3v) is 9.57. The molecule has 0 saturated heterocycles. The third-order valence-electron chi connectivity index (χ3n) is 7.60. The lowest BCUT2D eigenvalue weighted by Crippen LogP contribution is -2.52. The number of methoxy groups -OCH3 is 1. The topological polar surface area (TPSA) is 151 Å². The van der Waals surface area contributed by atoms with Crippen molar-refractivity contribution in [3.8, 4) is 0 Å². The van der Waals surface area contributed by atoms with Crippen molar-refractivity contribution in [1.29, 1.82) is 0 Å². The predicted molar refractivity (Wildman–Crippen MR) is 171 cm³/mol. The Labute approximate surface area is 269 Å². The number of hydrogen-bond donors (Lipinski definition) is 4.